The summed E-state index contributed by atoms with van der Waals surface area (Å²) in [5.74, 6) is 0.221. The van der Waals surface area contributed by atoms with E-state index in [1.807, 2.05) is 42.5 Å². The number of rotatable bonds is 8. The molecule has 3 heteroatoms. The Bertz CT molecular complexity index is 857. The molecule has 0 saturated heterocycles. The topological polar surface area (TPSA) is 20.3 Å². The molecular formula is C24H25NOS. The molecular weight excluding hydrogens is 350 g/mol. The molecule has 0 unspecified atom stereocenters. The Kier molecular flexibility index (Phi) is 6.72. The lowest BCUT2D eigenvalue weighted by Crippen LogP contribution is -2.10. The molecule has 0 fully saturated rings. The minimum absolute atomic E-state index is 0.221. The number of nitrogens with zero attached hydrogens (tertiary/aromatic N) is 1. The largest absolute Gasteiger partial charge is 0.311 e. The fourth-order valence-electron chi connectivity index (χ4n) is 3.03. The van der Waals surface area contributed by atoms with Gasteiger partial charge in [-0.05, 0) is 73.3 Å². The van der Waals surface area contributed by atoms with Gasteiger partial charge in [0.2, 0.25) is 0 Å². The van der Waals surface area contributed by atoms with Crippen LogP contribution >= 0.6 is 11.8 Å². The van der Waals surface area contributed by atoms with Crippen molar-refractivity contribution in [2.75, 3.05) is 11.2 Å². The number of carbonyl (C=O) groups is 1. The van der Waals surface area contributed by atoms with Crippen LogP contribution in [0.15, 0.2) is 83.8 Å². The fourth-order valence-corrected chi connectivity index (χ4v) is 3.44. The van der Waals surface area contributed by atoms with Gasteiger partial charge in [0.05, 0.1) is 0 Å². The number of benzene rings is 3. The number of para-hydroxylation sites is 1. The third kappa shape index (κ3) is 4.81. The van der Waals surface area contributed by atoms with E-state index in [0.717, 1.165) is 35.5 Å². The van der Waals surface area contributed by atoms with Crippen LogP contribution in [-0.2, 0) is 0 Å². The SMILES string of the molecule is CCCCC(=O)c1ccc(N(c2ccccc2)c2ccc(SC)cc2)cc1. The van der Waals surface area contributed by atoms with E-state index in [1.54, 1.807) is 11.8 Å². The zero-order chi connectivity index (χ0) is 19.1. The summed E-state index contributed by atoms with van der Waals surface area (Å²) in [6.07, 6.45) is 4.68. The molecule has 0 heterocycles. The molecule has 0 aliphatic carbocycles. The highest BCUT2D eigenvalue weighted by atomic mass is 32.2. The predicted molar refractivity (Wildman–Crippen MR) is 117 cm³/mol. The molecule has 138 valence electrons. The summed E-state index contributed by atoms with van der Waals surface area (Å²) in [4.78, 5) is 15.7. The maximum Gasteiger partial charge on any atom is 0.162 e. The average Bonchev–Trinajstić information content (AvgIpc) is 2.74. The fraction of sp³-hybridized carbons (Fsp3) is 0.208. The van der Waals surface area contributed by atoms with Gasteiger partial charge in [-0.1, -0.05) is 31.5 Å². The van der Waals surface area contributed by atoms with Gasteiger partial charge in [-0.3, -0.25) is 4.79 Å². The van der Waals surface area contributed by atoms with Gasteiger partial charge in [0.1, 0.15) is 0 Å². The van der Waals surface area contributed by atoms with E-state index < -0.39 is 0 Å². The number of carbonyl (C=O) groups excluding carboxylic acids is 1. The number of hydrogen-bond acceptors (Lipinski definition) is 3. The summed E-state index contributed by atoms with van der Waals surface area (Å²) in [5, 5.41) is 0. The Morgan fingerprint density at radius 2 is 1.37 bits per heavy atom. The molecule has 2 nitrogen and oxygen atoms in total. The second-order valence-corrected chi connectivity index (χ2v) is 7.32. The van der Waals surface area contributed by atoms with Crippen LogP contribution in [0, 0.1) is 0 Å². The lowest BCUT2D eigenvalue weighted by molar-refractivity contribution is 0.0980. The van der Waals surface area contributed by atoms with Gasteiger partial charge >= 0.3 is 0 Å². The monoisotopic (exact) mass is 375 g/mol. The van der Waals surface area contributed by atoms with Gasteiger partial charge < -0.3 is 4.90 Å². The number of unbranched alkanes of at least 4 members (excludes halogenated alkanes) is 1. The molecule has 0 amide bonds. The average molecular weight is 376 g/mol. The lowest BCUT2D eigenvalue weighted by Gasteiger charge is -2.25. The molecule has 3 rings (SSSR count). The third-order valence-electron chi connectivity index (χ3n) is 4.55. The van der Waals surface area contributed by atoms with Gasteiger partial charge in [0.15, 0.2) is 5.78 Å². The minimum atomic E-state index is 0.221. The van der Waals surface area contributed by atoms with E-state index in [1.165, 1.54) is 4.90 Å². The molecule has 0 bridgehead atoms. The van der Waals surface area contributed by atoms with E-state index in [4.69, 9.17) is 0 Å². The first kappa shape index (κ1) is 19.2. The number of Topliss-reactive ketones (excluding diaryl/α,β-unsaturated/α-hetero) is 1. The number of thioether (sulfide) groups is 1. The van der Waals surface area contributed by atoms with Gasteiger partial charge in [-0.25, -0.2) is 0 Å². The molecule has 0 spiro atoms. The molecule has 27 heavy (non-hydrogen) atoms. The normalized spacial score (nSPS) is 10.6. The van der Waals surface area contributed by atoms with Crippen molar-refractivity contribution in [1.82, 2.24) is 0 Å². The van der Waals surface area contributed by atoms with Crippen molar-refractivity contribution >= 4 is 34.6 Å². The third-order valence-corrected chi connectivity index (χ3v) is 5.29. The van der Waals surface area contributed by atoms with Gasteiger partial charge in [0.25, 0.3) is 0 Å². The highest BCUT2D eigenvalue weighted by Gasteiger charge is 2.13. The first-order valence-electron chi connectivity index (χ1n) is 9.35. The van der Waals surface area contributed by atoms with E-state index in [2.05, 4.69) is 54.5 Å². The van der Waals surface area contributed by atoms with Crippen LogP contribution in [-0.4, -0.2) is 12.0 Å². The molecule has 3 aromatic rings. The molecule has 0 aromatic heterocycles. The van der Waals surface area contributed by atoms with Gasteiger partial charge in [0, 0.05) is 33.9 Å². The highest BCUT2D eigenvalue weighted by Crippen LogP contribution is 2.35. The Morgan fingerprint density at radius 3 is 1.93 bits per heavy atom. The van der Waals surface area contributed by atoms with Crippen LogP contribution in [0.25, 0.3) is 0 Å². The number of anilines is 3. The van der Waals surface area contributed by atoms with Crippen molar-refractivity contribution in [2.24, 2.45) is 0 Å². The number of ketones is 1. The second-order valence-electron chi connectivity index (χ2n) is 6.44. The van der Waals surface area contributed by atoms with Crippen LogP contribution in [0.4, 0.5) is 17.1 Å². The molecule has 3 aromatic carbocycles. The van der Waals surface area contributed by atoms with E-state index >= 15 is 0 Å². The zero-order valence-corrected chi connectivity index (χ0v) is 16.7. The van der Waals surface area contributed by atoms with Crippen LogP contribution in [0.5, 0.6) is 0 Å². The predicted octanol–water partition coefficient (Wildman–Crippen LogP) is 7.25. The summed E-state index contributed by atoms with van der Waals surface area (Å²) in [5.41, 5.74) is 4.03. The maximum atomic E-state index is 12.3. The van der Waals surface area contributed by atoms with Crippen LogP contribution in [0.2, 0.25) is 0 Å². The highest BCUT2D eigenvalue weighted by molar-refractivity contribution is 7.98. The summed E-state index contributed by atoms with van der Waals surface area (Å²) >= 11 is 1.74. The van der Waals surface area contributed by atoms with E-state index in [-0.39, 0.29) is 5.78 Å². The molecule has 0 aliphatic rings. The minimum Gasteiger partial charge on any atom is -0.311 e. The van der Waals surface area contributed by atoms with Crippen molar-refractivity contribution in [3.8, 4) is 0 Å². The lowest BCUT2D eigenvalue weighted by atomic mass is 10.0. The Labute approximate surface area is 166 Å². The molecule has 0 N–H and O–H groups in total. The summed E-state index contributed by atoms with van der Waals surface area (Å²) in [7, 11) is 0. The summed E-state index contributed by atoms with van der Waals surface area (Å²) in [6, 6.07) is 26.8. The molecule has 0 saturated carbocycles. The van der Waals surface area contributed by atoms with Crippen molar-refractivity contribution in [2.45, 2.75) is 31.1 Å². The molecule has 0 aliphatic heterocycles. The maximum absolute atomic E-state index is 12.3. The zero-order valence-electron chi connectivity index (χ0n) is 15.9. The van der Waals surface area contributed by atoms with Crippen LogP contribution < -0.4 is 4.90 Å². The Morgan fingerprint density at radius 1 is 0.815 bits per heavy atom. The molecule has 0 atom stereocenters. The van der Waals surface area contributed by atoms with Gasteiger partial charge in [-0.2, -0.15) is 0 Å². The first-order chi connectivity index (χ1) is 13.2. The quantitative estimate of drug-likeness (QED) is 0.305. The van der Waals surface area contributed by atoms with Crippen molar-refractivity contribution in [3.63, 3.8) is 0 Å². The van der Waals surface area contributed by atoms with E-state index in [0.29, 0.717) is 6.42 Å². The van der Waals surface area contributed by atoms with Crippen molar-refractivity contribution in [3.05, 3.63) is 84.4 Å². The number of hydrogen-bond donors (Lipinski definition) is 0. The second kappa shape index (κ2) is 9.43. The van der Waals surface area contributed by atoms with Crippen molar-refractivity contribution in [1.29, 1.82) is 0 Å². The standard InChI is InChI=1S/C24H25NOS/c1-3-4-10-24(26)19-11-13-21(14-12-19)25(20-8-6-5-7-9-20)22-15-17-23(27-2)18-16-22/h5-9,11-18H,3-4,10H2,1-2H3. The first-order valence-corrected chi connectivity index (χ1v) is 10.6. The van der Waals surface area contributed by atoms with Crippen molar-refractivity contribution < 1.29 is 4.79 Å². The van der Waals surface area contributed by atoms with E-state index in [9.17, 15) is 4.79 Å². The summed E-state index contributed by atoms with van der Waals surface area (Å²) < 4.78 is 0. The van der Waals surface area contributed by atoms with Crippen LogP contribution in [0.3, 0.4) is 0 Å². The smallest absolute Gasteiger partial charge is 0.162 e. The van der Waals surface area contributed by atoms with Crippen LogP contribution in [0.1, 0.15) is 36.5 Å². The molecule has 0 radical (unpaired) electrons. The van der Waals surface area contributed by atoms with Gasteiger partial charge in [-0.15, -0.1) is 11.8 Å². The Balaban J connectivity index is 1.94. The Hall–Kier alpha value is -2.52. The summed E-state index contributed by atoms with van der Waals surface area (Å²) in [6.45, 7) is 2.11.